The number of likely N-dealkylation sites (tertiary alicyclic amines) is 1. The monoisotopic (exact) mass is 441 g/mol. The van der Waals surface area contributed by atoms with Crippen LogP contribution in [0, 0.1) is 0 Å². The van der Waals surface area contributed by atoms with Gasteiger partial charge in [0, 0.05) is 25.1 Å². The van der Waals surface area contributed by atoms with Crippen LogP contribution in [0.4, 0.5) is 0 Å². The van der Waals surface area contributed by atoms with Crippen molar-refractivity contribution in [2.24, 2.45) is 10.7 Å². The van der Waals surface area contributed by atoms with Gasteiger partial charge in [0.25, 0.3) is 5.91 Å². The number of fused-ring (bicyclic) bond motifs is 1. The Labute approximate surface area is 192 Å². The Morgan fingerprint density at radius 1 is 1.44 bits per heavy atom. The van der Waals surface area contributed by atoms with E-state index in [0.717, 1.165) is 36.8 Å². The summed E-state index contributed by atoms with van der Waals surface area (Å²) in [5.41, 5.74) is 8.63. The van der Waals surface area contributed by atoms with Gasteiger partial charge in [-0.05, 0) is 69.5 Å². The largest absolute Gasteiger partial charge is 0.389 e. The first-order valence-electron chi connectivity index (χ1n) is 11.8. The molecule has 0 radical (unpaired) electrons. The lowest BCUT2D eigenvalue weighted by Crippen LogP contribution is -2.59. The molecule has 3 rings (SSSR count). The molecule has 1 heterocycles. The summed E-state index contributed by atoms with van der Waals surface area (Å²) in [4.78, 5) is 20.1. The van der Waals surface area contributed by atoms with E-state index in [1.807, 2.05) is 26.1 Å². The third kappa shape index (κ3) is 4.84. The van der Waals surface area contributed by atoms with E-state index in [1.165, 1.54) is 12.0 Å². The molecule has 1 fully saturated rings. The number of amides is 1. The van der Waals surface area contributed by atoms with Gasteiger partial charge in [0.05, 0.1) is 29.6 Å². The first-order chi connectivity index (χ1) is 15.3. The number of nitrogens with two attached hydrogens (primary N) is 1. The molecule has 1 aromatic rings. The zero-order chi connectivity index (χ0) is 23.3. The van der Waals surface area contributed by atoms with Crippen molar-refractivity contribution in [3.8, 4) is 0 Å². The summed E-state index contributed by atoms with van der Waals surface area (Å²) in [6, 6.07) is 5.29. The lowest BCUT2D eigenvalue weighted by Gasteiger charge is -2.40. The number of aliphatic imine (C=N–C) groups is 1. The maximum absolute atomic E-state index is 13.2. The number of carbonyl (C=O) groups excluding carboxylic acids is 1. The zero-order valence-corrected chi connectivity index (χ0v) is 19.7. The van der Waals surface area contributed by atoms with Crippen LogP contribution in [0.2, 0.25) is 0 Å². The average Bonchev–Trinajstić information content (AvgIpc) is 3.00. The van der Waals surface area contributed by atoms with Gasteiger partial charge in [-0.3, -0.25) is 14.7 Å². The third-order valence-corrected chi connectivity index (χ3v) is 7.19. The molecule has 0 aromatic heterocycles. The van der Waals surface area contributed by atoms with Gasteiger partial charge >= 0.3 is 0 Å². The number of hydrogen-bond acceptors (Lipinski definition) is 5. The number of benzene rings is 1. The molecular weight excluding hydrogens is 402 g/mol. The van der Waals surface area contributed by atoms with Gasteiger partial charge in [-0.25, -0.2) is 0 Å². The second-order valence-electron chi connectivity index (χ2n) is 9.28. The summed E-state index contributed by atoms with van der Waals surface area (Å²) >= 11 is 0. The van der Waals surface area contributed by atoms with Crippen LogP contribution in [-0.2, 0) is 12.8 Å². The molecule has 5 N–H and O–H groups in total. The quantitative estimate of drug-likeness (QED) is 0.347. The molecule has 32 heavy (non-hydrogen) atoms. The molecule has 7 heteroatoms. The van der Waals surface area contributed by atoms with Gasteiger partial charge in [-0.2, -0.15) is 0 Å². The van der Waals surface area contributed by atoms with E-state index >= 15 is 0 Å². The van der Waals surface area contributed by atoms with Crippen LogP contribution in [0.25, 0.3) is 0 Å². The molecule has 176 valence electrons. The smallest absolute Gasteiger partial charge is 0.251 e. The van der Waals surface area contributed by atoms with Gasteiger partial charge in [-0.1, -0.05) is 25.6 Å². The Morgan fingerprint density at radius 2 is 2.19 bits per heavy atom. The van der Waals surface area contributed by atoms with E-state index in [1.54, 1.807) is 6.20 Å². The lowest BCUT2D eigenvalue weighted by molar-refractivity contribution is 0.0273. The minimum atomic E-state index is -0.800. The molecular formula is C25H39N5O2. The van der Waals surface area contributed by atoms with Crippen molar-refractivity contribution in [3.63, 3.8) is 0 Å². The van der Waals surface area contributed by atoms with Crippen LogP contribution in [-0.4, -0.2) is 65.6 Å². The van der Waals surface area contributed by atoms with Gasteiger partial charge in [-0.15, -0.1) is 0 Å². The molecule has 1 amide bonds. The van der Waals surface area contributed by atoms with Crippen LogP contribution in [0.5, 0.6) is 0 Å². The van der Waals surface area contributed by atoms with Crippen LogP contribution < -0.4 is 16.4 Å². The van der Waals surface area contributed by atoms with E-state index in [2.05, 4.69) is 35.1 Å². The standard InChI is InChI=1S/C25H39N5O2/c1-5-10-22(26)29-21(15-27-6-2)25(3)23(31)20(16-30(25)4)28-24(32)19-14-9-12-17-11-7-8-13-18(17)19/h6,9,12,14,20-21,23,27,31H,2,5,7-8,10-11,13,15-16H2,1,3-4H3,(H2,26,29)(H,28,32)/t20?,21-,23?,25?/m0/s1. The highest BCUT2D eigenvalue weighted by Crippen LogP contribution is 2.34. The van der Waals surface area contributed by atoms with Crippen molar-refractivity contribution < 1.29 is 9.90 Å². The average molecular weight is 442 g/mol. The Morgan fingerprint density at radius 3 is 2.91 bits per heavy atom. The van der Waals surface area contributed by atoms with Crippen LogP contribution in [0.3, 0.4) is 0 Å². The number of nitrogens with zero attached hydrogens (tertiary/aromatic N) is 2. The fraction of sp³-hybridized carbons (Fsp3) is 0.600. The van der Waals surface area contributed by atoms with E-state index in [4.69, 9.17) is 10.7 Å². The number of nitrogens with one attached hydrogen (secondary N) is 2. The van der Waals surface area contributed by atoms with E-state index in [0.29, 0.717) is 25.3 Å². The molecule has 1 aliphatic carbocycles. The number of carbonyl (C=O) groups is 1. The SMILES string of the molecule is C=CNC[C@H](N=C(N)CCC)C1(C)C(O)C(NC(=O)c2cccc3c2CCCC3)CN1C. The Kier molecular flexibility index (Phi) is 7.96. The zero-order valence-electron chi connectivity index (χ0n) is 19.7. The van der Waals surface area contributed by atoms with E-state index in [9.17, 15) is 9.90 Å². The van der Waals surface area contributed by atoms with Gasteiger partial charge < -0.3 is 21.5 Å². The van der Waals surface area contributed by atoms with Gasteiger partial charge in [0.2, 0.25) is 0 Å². The second kappa shape index (κ2) is 10.5. The van der Waals surface area contributed by atoms with Crippen LogP contribution >= 0.6 is 0 Å². The predicted octanol–water partition coefficient (Wildman–Crippen LogP) is 1.99. The van der Waals surface area contributed by atoms with E-state index < -0.39 is 17.7 Å². The molecule has 2 aliphatic rings. The minimum Gasteiger partial charge on any atom is -0.389 e. The van der Waals surface area contributed by atoms with Crippen molar-refractivity contribution in [3.05, 3.63) is 47.7 Å². The third-order valence-electron chi connectivity index (χ3n) is 7.19. The molecule has 3 unspecified atom stereocenters. The number of hydrogen-bond donors (Lipinski definition) is 4. The minimum absolute atomic E-state index is 0.111. The molecule has 0 spiro atoms. The highest BCUT2D eigenvalue weighted by molar-refractivity contribution is 5.96. The Bertz CT molecular complexity index is 855. The molecule has 1 aliphatic heterocycles. The highest BCUT2D eigenvalue weighted by Gasteiger charge is 2.53. The Hall–Kier alpha value is -2.38. The number of amidine groups is 1. The first-order valence-corrected chi connectivity index (χ1v) is 11.8. The summed E-state index contributed by atoms with van der Waals surface area (Å²) in [5, 5.41) is 17.7. The molecule has 7 nitrogen and oxygen atoms in total. The fourth-order valence-electron chi connectivity index (χ4n) is 5.14. The number of aryl methyl sites for hydroxylation is 1. The van der Waals surface area contributed by atoms with Gasteiger partial charge in [0.15, 0.2) is 0 Å². The Balaban J connectivity index is 1.81. The number of likely N-dealkylation sites (N-methyl/N-ethyl adjacent to an activating group) is 1. The lowest BCUT2D eigenvalue weighted by atomic mass is 9.85. The summed E-state index contributed by atoms with van der Waals surface area (Å²) in [6.45, 7) is 8.82. The molecule has 1 aromatic carbocycles. The van der Waals surface area contributed by atoms with Crippen molar-refractivity contribution >= 4 is 11.7 Å². The number of aliphatic hydroxyl groups excluding tert-OH is 1. The first kappa shape index (κ1) is 24.3. The normalized spacial score (nSPS) is 26.9. The topological polar surface area (TPSA) is 103 Å². The van der Waals surface area contributed by atoms with Crippen molar-refractivity contribution in [2.45, 2.75) is 76.1 Å². The summed E-state index contributed by atoms with van der Waals surface area (Å²) in [5.74, 6) is 0.466. The second-order valence-corrected chi connectivity index (χ2v) is 9.28. The van der Waals surface area contributed by atoms with E-state index in [-0.39, 0.29) is 11.9 Å². The van der Waals surface area contributed by atoms with Gasteiger partial charge in [0.1, 0.15) is 0 Å². The molecule has 4 atom stereocenters. The van der Waals surface area contributed by atoms with Crippen LogP contribution in [0.15, 0.2) is 36.0 Å². The molecule has 0 bridgehead atoms. The summed E-state index contributed by atoms with van der Waals surface area (Å²) in [7, 11) is 1.96. The van der Waals surface area contributed by atoms with Crippen LogP contribution in [0.1, 0.15) is 61.0 Å². The summed E-state index contributed by atoms with van der Waals surface area (Å²) in [6.07, 6.45) is 6.69. The fourth-order valence-corrected chi connectivity index (χ4v) is 5.14. The van der Waals surface area contributed by atoms with Crippen molar-refractivity contribution in [1.29, 1.82) is 0 Å². The number of rotatable bonds is 9. The maximum atomic E-state index is 13.2. The number of aliphatic hydroxyl groups is 1. The molecule has 1 saturated heterocycles. The highest BCUT2D eigenvalue weighted by atomic mass is 16.3. The molecule has 0 saturated carbocycles. The van der Waals surface area contributed by atoms with Crippen molar-refractivity contribution in [1.82, 2.24) is 15.5 Å². The maximum Gasteiger partial charge on any atom is 0.251 e. The summed E-state index contributed by atoms with van der Waals surface area (Å²) < 4.78 is 0. The van der Waals surface area contributed by atoms with Crippen molar-refractivity contribution in [2.75, 3.05) is 20.1 Å². The predicted molar refractivity (Wildman–Crippen MR) is 130 cm³/mol.